The molecule has 2 rings (SSSR count). The number of benzene rings is 1. The first-order valence-corrected chi connectivity index (χ1v) is 8.86. The summed E-state index contributed by atoms with van der Waals surface area (Å²) >= 11 is 0. The van der Waals surface area contributed by atoms with Gasteiger partial charge >= 0.3 is 0 Å². The van der Waals surface area contributed by atoms with E-state index in [-0.39, 0.29) is 17.9 Å². The topological polar surface area (TPSA) is 97.0 Å². The third kappa shape index (κ3) is 6.82. The van der Waals surface area contributed by atoms with Crippen LogP contribution in [0.2, 0.25) is 0 Å². The molecule has 2 aromatic rings. The summed E-state index contributed by atoms with van der Waals surface area (Å²) in [4.78, 5) is 23.0. The Morgan fingerprint density at radius 1 is 1.29 bits per heavy atom. The Hall–Kier alpha value is -3.23. The van der Waals surface area contributed by atoms with Gasteiger partial charge in [-0.15, -0.1) is 0 Å². The van der Waals surface area contributed by atoms with Gasteiger partial charge in [-0.2, -0.15) is 10.2 Å². The maximum absolute atomic E-state index is 11.9. The SMILES string of the molecule is CN(C)c1ccc(/C=N/NC(=O)CO/N=C(\Cn2cncn2)C(C)(C)C)cc1. The zero-order valence-corrected chi connectivity index (χ0v) is 17.0. The molecule has 0 aliphatic heterocycles. The van der Waals surface area contributed by atoms with Crippen LogP contribution < -0.4 is 10.3 Å². The van der Waals surface area contributed by atoms with E-state index < -0.39 is 0 Å². The third-order valence-electron chi connectivity index (χ3n) is 3.83. The van der Waals surface area contributed by atoms with Crippen LogP contribution in [-0.2, 0) is 16.2 Å². The van der Waals surface area contributed by atoms with Gasteiger partial charge in [0, 0.05) is 25.2 Å². The maximum atomic E-state index is 11.9. The highest BCUT2D eigenvalue weighted by Crippen LogP contribution is 2.17. The molecule has 0 saturated heterocycles. The molecule has 28 heavy (non-hydrogen) atoms. The van der Waals surface area contributed by atoms with Crippen molar-refractivity contribution >= 4 is 23.5 Å². The smallest absolute Gasteiger partial charge is 0.280 e. The average Bonchev–Trinajstić information content (AvgIpc) is 3.13. The van der Waals surface area contributed by atoms with Crippen molar-refractivity contribution in [1.29, 1.82) is 0 Å². The second kappa shape index (κ2) is 9.63. The van der Waals surface area contributed by atoms with Crippen LogP contribution in [0.25, 0.3) is 0 Å². The lowest BCUT2D eigenvalue weighted by Crippen LogP contribution is -2.27. The van der Waals surface area contributed by atoms with E-state index in [2.05, 4.69) is 25.8 Å². The van der Waals surface area contributed by atoms with Crippen LogP contribution >= 0.6 is 0 Å². The molecule has 0 spiro atoms. The van der Waals surface area contributed by atoms with Gasteiger partial charge in [0.05, 0.1) is 18.5 Å². The number of oxime groups is 1. The van der Waals surface area contributed by atoms with Gasteiger partial charge in [-0.25, -0.2) is 15.1 Å². The lowest BCUT2D eigenvalue weighted by molar-refractivity contribution is -0.125. The van der Waals surface area contributed by atoms with E-state index in [9.17, 15) is 4.79 Å². The van der Waals surface area contributed by atoms with Crippen LogP contribution in [0.4, 0.5) is 5.69 Å². The van der Waals surface area contributed by atoms with Crippen LogP contribution in [0, 0.1) is 5.41 Å². The number of amides is 1. The van der Waals surface area contributed by atoms with Gasteiger partial charge in [0.1, 0.15) is 12.7 Å². The minimum atomic E-state index is -0.390. The van der Waals surface area contributed by atoms with Crippen LogP contribution in [0.5, 0.6) is 0 Å². The quantitative estimate of drug-likeness (QED) is 0.553. The zero-order chi connectivity index (χ0) is 20.6. The van der Waals surface area contributed by atoms with Crippen LogP contribution in [0.1, 0.15) is 26.3 Å². The van der Waals surface area contributed by atoms with Crippen molar-refractivity contribution in [2.45, 2.75) is 27.3 Å². The molecular formula is C19H27N7O2. The molecule has 0 radical (unpaired) electrons. The molecule has 0 fully saturated rings. The Balaban J connectivity index is 1.83. The number of carbonyl (C=O) groups excluding carboxylic acids is 1. The first-order valence-electron chi connectivity index (χ1n) is 8.86. The van der Waals surface area contributed by atoms with E-state index in [1.54, 1.807) is 17.2 Å². The van der Waals surface area contributed by atoms with Crippen LogP contribution in [0.15, 0.2) is 47.2 Å². The molecule has 1 heterocycles. The van der Waals surface area contributed by atoms with Crippen molar-refractivity contribution in [2.24, 2.45) is 15.7 Å². The Morgan fingerprint density at radius 2 is 2.00 bits per heavy atom. The predicted molar refractivity (Wildman–Crippen MR) is 109 cm³/mol. The van der Waals surface area contributed by atoms with Gasteiger partial charge < -0.3 is 9.74 Å². The van der Waals surface area contributed by atoms with E-state index in [1.807, 2.05) is 64.0 Å². The molecule has 1 amide bonds. The van der Waals surface area contributed by atoms with Crippen molar-refractivity contribution in [3.63, 3.8) is 0 Å². The Kier molecular flexibility index (Phi) is 7.25. The third-order valence-corrected chi connectivity index (χ3v) is 3.83. The molecule has 1 N–H and O–H groups in total. The van der Waals surface area contributed by atoms with Gasteiger partial charge in [0.15, 0.2) is 6.61 Å². The van der Waals surface area contributed by atoms with E-state index in [0.29, 0.717) is 6.54 Å². The largest absolute Gasteiger partial charge is 0.386 e. The lowest BCUT2D eigenvalue weighted by atomic mass is 9.90. The highest BCUT2D eigenvalue weighted by Gasteiger charge is 2.21. The normalized spacial score (nSPS) is 12.2. The van der Waals surface area contributed by atoms with Crippen molar-refractivity contribution in [3.8, 4) is 0 Å². The number of rotatable bonds is 8. The first-order chi connectivity index (χ1) is 13.3. The number of nitrogens with zero attached hydrogens (tertiary/aromatic N) is 6. The minimum absolute atomic E-state index is 0.228. The highest BCUT2D eigenvalue weighted by atomic mass is 16.6. The Bertz CT molecular complexity index is 804. The van der Waals surface area contributed by atoms with E-state index in [0.717, 1.165) is 17.0 Å². The molecule has 1 aromatic carbocycles. The molecule has 0 aliphatic carbocycles. The van der Waals surface area contributed by atoms with Gasteiger partial charge in [-0.3, -0.25) is 4.79 Å². The number of hydrogen-bond acceptors (Lipinski definition) is 7. The van der Waals surface area contributed by atoms with E-state index in [4.69, 9.17) is 4.84 Å². The molecule has 0 aliphatic rings. The summed E-state index contributed by atoms with van der Waals surface area (Å²) < 4.78 is 1.65. The Morgan fingerprint density at radius 3 is 2.57 bits per heavy atom. The predicted octanol–water partition coefficient (Wildman–Crippen LogP) is 1.91. The summed E-state index contributed by atoms with van der Waals surface area (Å²) in [7, 11) is 3.95. The van der Waals surface area contributed by atoms with E-state index in [1.165, 1.54) is 6.33 Å². The second-order valence-corrected chi connectivity index (χ2v) is 7.43. The number of hydrazone groups is 1. The molecule has 0 unspecified atom stereocenters. The minimum Gasteiger partial charge on any atom is -0.386 e. The van der Waals surface area contributed by atoms with Gasteiger partial charge in [0.2, 0.25) is 0 Å². The molecule has 0 saturated carbocycles. The molecule has 9 nitrogen and oxygen atoms in total. The summed E-state index contributed by atoms with van der Waals surface area (Å²) in [5.41, 5.74) is 4.91. The number of anilines is 1. The summed E-state index contributed by atoms with van der Waals surface area (Å²) in [6, 6.07) is 7.80. The maximum Gasteiger partial charge on any atom is 0.280 e. The fourth-order valence-corrected chi connectivity index (χ4v) is 2.11. The number of aromatic nitrogens is 3. The summed E-state index contributed by atoms with van der Waals surface area (Å²) in [5, 5.41) is 12.1. The fraction of sp³-hybridized carbons (Fsp3) is 0.421. The van der Waals surface area contributed by atoms with Crippen molar-refractivity contribution in [2.75, 3.05) is 25.6 Å². The summed E-state index contributed by atoms with van der Waals surface area (Å²) in [5.74, 6) is -0.390. The van der Waals surface area contributed by atoms with Crippen LogP contribution in [-0.4, -0.2) is 53.3 Å². The van der Waals surface area contributed by atoms with Gasteiger partial charge in [0.25, 0.3) is 5.91 Å². The molecular weight excluding hydrogens is 358 g/mol. The standard InChI is InChI=1S/C19H27N7O2/c1-19(2,3)17(11-26-14-20-13-22-26)24-28-12-18(27)23-21-10-15-6-8-16(9-7-15)25(4)5/h6-10,13-14H,11-12H2,1-5H3,(H,23,27)/b21-10+,24-17+. The molecule has 1 aromatic heterocycles. The zero-order valence-electron chi connectivity index (χ0n) is 17.0. The van der Waals surface area contributed by atoms with Crippen molar-refractivity contribution < 1.29 is 9.63 Å². The number of carbonyl (C=O) groups is 1. The first kappa shape index (κ1) is 21.1. The fourth-order valence-electron chi connectivity index (χ4n) is 2.11. The molecule has 0 bridgehead atoms. The second-order valence-electron chi connectivity index (χ2n) is 7.43. The van der Waals surface area contributed by atoms with Gasteiger partial charge in [-0.05, 0) is 17.7 Å². The summed E-state index contributed by atoms with van der Waals surface area (Å²) in [6.45, 7) is 6.24. The molecule has 150 valence electrons. The number of hydrogen-bond donors (Lipinski definition) is 1. The molecule has 9 heteroatoms. The number of nitrogens with one attached hydrogen (secondary N) is 1. The molecule has 0 atom stereocenters. The van der Waals surface area contributed by atoms with Gasteiger partial charge in [-0.1, -0.05) is 38.1 Å². The summed E-state index contributed by atoms with van der Waals surface area (Å²) in [6.07, 6.45) is 4.64. The van der Waals surface area contributed by atoms with Crippen molar-refractivity contribution in [3.05, 3.63) is 42.5 Å². The lowest BCUT2D eigenvalue weighted by Gasteiger charge is -2.20. The Labute approximate surface area is 165 Å². The van der Waals surface area contributed by atoms with Crippen LogP contribution in [0.3, 0.4) is 0 Å². The average molecular weight is 385 g/mol. The van der Waals surface area contributed by atoms with E-state index >= 15 is 0 Å². The highest BCUT2D eigenvalue weighted by molar-refractivity contribution is 5.88. The monoisotopic (exact) mass is 385 g/mol. The van der Waals surface area contributed by atoms with Crippen molar-refractivity contribution in [1.82, 2.24) is 20.2 Å².